The average Bonchev–Trinajstić information content (AvgIpc) is 3.10. The predicted octanol–water partition coefficient (Wildman–Crippen LogP) is 4.62. The normalized spacial score (nSPS) is 28.3. The van der Waals surface area contributed by atoms with Gasteiger partial charge in [0.05, 0.1) is 12.3 Å². The van der Waals surface area contributed by atoms with Crippen molar-refractivity contribution in [2.24, 2.45) is 0 Å². The highest BCUT2D eigenvalue weighted by Gasteiger charge is 2.47. The molecule has 0 saturated heterocycles. The summed E-state index contributed by atoms with van der Waals surface area (Å²) in [5.74, 6) is 0. The lowest BCUT2D eigenvalue weighted by Crippen LogP contribution is -2.49. The lowest BCUT2D eigenvalue weighted by atomic mass is 9.68. The number of ether oxygens (including phenoxy) is 1. The van der Waals surface area contributed by atoms with E-state index >= 15 is 0 Å². The van der Waals surface area contributed by atoms with E-state index in [1.807, 2.05) is 0 Å². The Hall–Kier alpha value is -2.10. The molecule has 2 N–H and O–H groups in total. The molecule has 0 atom stereocenters. The summed E-state index contributed by atoms with van der Waals surface area (Å²) in [4.78, 5) is 3.72. The summed E-state index contributed by atoms with van der Waals surface area (Å²) in [6.45, 7) is 0.826. The number of hydrogen-bond acceptors (Lipinski definition) is 2. The Bertz CT molecular complexity index is 920. The SMILES string of the molecule is CNC1(c2ccccc2)CCC2(CC1)OCCc1c2[nH]c2ccccc12. The molecule has 1 aliphatic heterocycles. The Balaban J connectivity index is 1.52. The molecule has 3 heteroatoms. The van der Waals surface area contributed by atoms with Crippen LogP contribution in [0.15, 0.2) is 54.6 Å². The number of nitrogens with one attached hydrogen (secondary N) is 2. The van der Waals surface area contributed by atoms with Gasteiger partial charge in [-0.15, -0.1) is 0 Å². The lowest BCUT2D eigenvalue weighted by molar-refractivity contribution is -0.101. The molecule has 2 heterocycles. The third-order valence-electron chi connectivity index (χ3n) is 6.72. The van der Waals surface area contributed by atoms with E-state index in [2.05, 4.69) is 71.9 Å². The molecule has 134 valence electrons. The van der Waals surface area contributed by atoms with Crippen LogP contribution in [-0.4, -0.2) is 18.6 Å². The summed E-state index contributed by atoms with van der Waals surface area (Å²) in [5.41, 5.74) is 5.36. The molecule has 1 saturated carbocycles. The van der Waals surface area contributed by atoms with Crippen molar-refractivity contribution < 1.29 is 4.74 Å². The van der Waals surface area contributed by atoms with Gasteiger partial charge in [0.15, 0.2) is 0 Å². The van der Waals surface area contributed by atoms with Crippen molar-refractivity contribution in [3.63, 3.8) is 0 Å². The summed E-state index contributed by atoms with van der Waals surface area (Å²) in [7, 11) is 2.10. The molecule has 1 aliphatic carbocycles. The maximum Gasteiger partial charge on any atom is 0.108 e. The summed E-state index contributed by atoms with van der Waals surface area (Å²) >= 11 is 0. The van der Waals surface area contributed by atoms with E-state index < -0.39 is 0 Å². The van der Waals surface area contributed by atoms with Crippen LogP contribution in [0.2, 0.25) is 0 Å². The van der Waals surface area contributed by atoms with Crippen LogP contribution in [0, 0.1) is 0 Å². The molecule has 0 amide bonds. The third-order valence-corrected chi connectivity index (χ3v) is 6.72. The van der Waals surface area contributed by atoms with Crippen LogP contribution >= 0.6 is 0 Å². The summed E-state index contributed by atoms with van der Waals surface area (Å²) < 4.78 is 6.48. The highest BCUT2D eigenvalue weighted by atomic mass is 16.5. The Morgan fingerprint density at radius 3 is 2.42 bits per heavy atom. The second-order valence-electron chi connectivity index (χ2n) is 7.82. The van der Waals surface area contributed by atoms with Crippen LogP contribution in [0.1, 0.15) is 42.5 Å². The fourth-order valence-corrected chi connectivity index (χ4v) is 5.18. The van der Waals surface area contributed by atoms with Crippen molar-refractivity contribution in [3.05, 3.63) is 71.4 Å². The number of para-hydroxylation sites is 1. The minimum absolute atomic E-state index is 0.0551. The van der Waals surface area contributed by atoms with Gasteiger partial charge in [0.2, 0.25) is 0 Å². The standard InChI is InChI=1S/C23H26N2O/c1-24-22(17-7-3-2-4-8-17)12-14-23(15-13-22)21-19(11-16-26-23)18-9-5-6-10-20(18)25-21/h2-10,24-25H,11-16H2,1H3. The van der Waals surface area contributed by atoms with Crippen molar-refractivity contribution >= 4 is 10.9 Å². The Morgan fingerprint density at radius 2 is 1.65 bits per heavy atom. The van der Waals surface area contributed by atoms with E-state index in [9.17, 15) is 0 Å². The first kappa shape index (κ1) is 16.1. The fourth-order valence-electron chi connectivity index (χ4n) is 5.18. The first-order valence-corrected chi connectivity index (χ1v) is 9.75. The maximum atomic E-state index is 6.48. The zero-order chi connectivity index (χ0) is 17.6. The van der Waals surface area contributed by atoms with Gasteiger partial charge < -0.3 is 15.0 Å². The van der Waals surface area contributed by atoms with Gasteiger partial charge in [0.25, 0.3) is 0 Å². The van der Waals surface area contributed by atoms with Gasteiger partial charge in [-0.3, -0.25) is 0 Å². The zero-order valence-corrected chi connectivity index (χ0v) is 15.3. The van der Waals surface area contributed by atoms with E-state index in [4.69, 9.17) is 4.74 Å². The van der Waals surface area contributed by atoms with E-state index in [0.717, 1.165) is 38.7 Å². The number of fused-ring (bicyclic) bond motifs is 4. The maximum absolute atomic E-state index is 6.48. The zero-order valence-electron chi connectivity index (χ0n) is 15.3. The van der Waals surface area contributed by atoms with Crippen LogP contribution in [-0.2, 0) is 22.3 Å². The third kappa shape index (κ3) is 2.27. The molecule has 0 unspecified atom stereocenters. The van der Waals surface area contributed by atoms with Gasteiger partial charge in [0, 0.05) is 16.4 Å². The number of aromatic amines is 1. The first-order chi connectivity index (χ1) is 12.8. The summed E-state index contributed by atoms with van der Waals surface area (Å²) in [6.07, 6.45) is 5.27. The highest BCUT2D eigenvalue weighted by Crippen LogP contribution is 2.50. The van der Waals surface area contributed by atoms with Gasteiger partial charge in [-0.25, -0.2) is 0 Å². The highest BCUT2D eigenvalue weighted by molar-refractivity contribution is 5.85. The first-order valence-electron chi connectivity index (χ1n) is 9.75. The van der Waals surface area contributed by atoms with E-state index in [1.165, 1.54) is 27.7 Å². The van der Waals surface area contributed by atoms with Crippen LogP contribution < -0.4 is 5.32 Å². The largest absolute Gasteiger partial charge is 0.368 e. The van der Waals surface area contributed by atoms with Crippen LogP contribution in [0.5, 0.6) is 0 Å². The van der Waals surface area contributed by atoms with Crippen molar-refractivity contribution in [1.29, 1.82) is 0 Å². The van der Waals surface area contributed by atoms with Crippen molar-refractivity contribution in [2.75, 3.05) is 13.7 Å². The molecule has 0 bridgehead atoms. The molecule has 5 rings (SSSR count). The van der Waals surface area contributed by atoms with Gasteiger partial charge in [-0.1, -0.05) is 48.5 Å². The van der Waals surface area contributed by atoms with Crippen LogP contribution in [0.3, 0.4) is 0 Å². The molecular formula is C23H26N2O. The topological polar surface area (TPSA) is 37.0 Å². The van der Waals surface area contributed by atoms with Crippen molar-refractivity contribution in [2.45, 2.75) is 43.2 Å². The van der Waals surface area contributed by atoms with Gasteiger partial charge >= 0.3 is 0 Å². The number of benzene rings is 2. The molecule has 0 radical (unpaired) electrons. The molecule has 26 heavy (non-hydrogen) atoms. The molecule has 1 aromatic heterocycles. The Morgan fingerprint density at radius 1 is 0.923 bits per heavy atom. The second kappa shape index (κ2) is 5.97. The van der Waals surface area contributed by atoms with E-state index in [-0.39, 0.29) is 11.1 Å². The van der Waals surface area contributed by atoms with Crippen molar-refractivity contribution in [3.8, 4) is 0 Å². The average molecular weight is 346 g/mol. The Labute approximate surface area is 154 Å². The van der Waals surface area contributed by atoms with E-state index in [0.29, 0.717) is 0 Å². The minimum atomic E-state index is -0.151. The number of rotatable bonds is 2. The number of hydrogen-bond donors (Lipinski definition) is 2. The molecule has 2 aliphatic rings. The van der Waals surface area contributed by atoms with Crippen LogP contribution in [0.25, 0.3) is 10.9 Å². The van der Waals surface area contributed by atoms with Gasteiger partial charge in [-0.05, 0) is 56.3 Å². The second-order valence-corrected chi connectivity index (χ2v) is 7.82. The molecule has 1 spiro atoms. The summed E-state index contributed by atoms with van der Waals surface area (Å²) in [6, 6.07) is 19.6. The molecule has 1 fully saturated rings. The predicted molar refractivity (Wildman–Crippen MR) is 105 cm³/mol. The molecular weight excluding hydrogens is 320 g/mol. The van der Waals surface area contributed by atoms with Gasteiger partial charge in [-0.2, -0.15) is 0 Å². The number of aromatic nitrogens is 1. The van der Waals surface area contributed by atoms with Gasteiger partial charge in [0.1, 0.15) is 5.60 Å². The minimum Gasteiger partial charge on any atom is -0.368 e. The molecule has 3 nitrogen and oxygen atoms in total. The smallest absolute Gasteiger partial charge is 0.108 e. The Kier molecular flexibility index (Phi) is 3.70. The van der Waals surface area contributed by atoms with Crippen molar-refractivity contribution in [1.82, 2.24) is 10.3 Å². The van der Waals surface area contributed by atoms with Crippen LogP contribution in [0.4, 0.5) is 0 Å². The quantitative estimate of drug-likeness (QED) is 0.710. The molecule has 3 aromatic rings. The lowest BCUT2D eigenvalue weighted by Gasteiger charge is -2.48. The number of H-pyrrole nitrogens is 1. The van der Waals surface area contributed by atoms with E-state index in [1.54, 1.807) is 0 Å². The molecule has 2 aromatic carbocycles. The summed E-state index contributed by atoms with van der Waals surface area (Å²) in [5, 5.41) is 5.01. The fraction of sp³-hybridized carbons (Fsp3) is 0.391. The monoisotopic (exact) mass is 346 g/mol.